The van der Waals surface area contributed by atoms with E-state index in [0.717, 1.165) is 68.7 Å². The molecule has 2 fully saturated rings. The Morgan fingerprint density at radius 3 is 2.78 bits per heavy atom. The molecule has 2 bridgehead atoms. The Kier molecular flexibility index (Phi) is 10.7. The van der Waals surface area contributed by atoms with Crippen LogP contribution in [0.4, 0.5) is 10.5 Å². The third-order valence-corrected chi connectivity index (χ3v) is 14.0. The summed E-state index contributed by atoms with van der Waals surface area (Å²) >= 11 is 6.46. The zero-order valence-electron chi connectivity index (χ0n) is 29.9. The van der Waals surface area contributed by atoms with Crippen molar-refractivity contribution in [2.75, 3.05) is 51.2 Å². The number of methoxy groups -OCH3 is 2. The van der Waals surface area contributed by atoms with Crippen molar-refractivity contribution in [2.24, 2.45) is 28.0 Å². The Morgan fingerprint density at radius 1 is 1.18 bits per heavy atom. The van der Waals surface area contributed by atoms with Crippen LogP contribution in [0, 0.1) is 23.7 Å². The summed E-state index contributed by atoms with van der Waals surface area (Å²) in [5.74, 6) is 1.13. The monoisotopic (exact) mass is 738 g/mol. The van der Waals surface area contributed by atoms with Gasteiger partial charge in [0.1, 0.15) is 15.7 Å². The number of ether oxygens (including phenoxy) is 3. The largest absolute Gasteiger partial charge is 0.490 e. The van der Waals surface area contributed by atoms with Crippen LogP contribution in [-0.4, -0.2) is 74.6 Å². The minimum atomic E-state index is -3.48. The number of rotatable bonds is 5. The minimum absolute atomic E-state index is 0.0310. The van der Waals surface area contributed by atoms with Crippen molar-refractivity contribution in [1.82, 2.24) is 10.0 Å². The van der Waals surface area contributed by atoms with Gasteiger partial charge in [-0.1, -0.05) is 36.7 Å². The number of amides is 3. The van der Waals surface area contributed by atoms with Gasteiger partial charge in [-0.05, 0) is 116 Å². The van der Waals surface area contributed by atoms with Crippen molar-refractivity contribution < 1.29 is 28.0 Å². The highest BCUT2D eigenvalue weighted by molar-refractivity contribution is 7.92. The summed E-state index contributed by atoms with van der Waals surface area (Å²) in [6.45, 7) is 4.63. The molecule has 10 nitrogen and oxygen atoms in total. The number of allylic oxidation sites excluding steroid dienone is 1. The summed E-state index contributed by atoms with van der Waals surface area (Å²) in [5, 5.41) is 3.66. The Bertz CT molecular complexity index is 1790. The fourth-order valence-corrected chi connectivity index (χ4v) is 11.0. The fraction of sp³-hybridized carbons (Fsp3) is 0.590. The molecule has 12 heteroatoms. The van der Waals surface area contributed by atoms with Crippen LogP contribution in [-0.2, 0) is 31.2 Å². The number of aryl methyl sites for hydroxylation is 1. The van der Waals surface area contributed by atoms with Crippen molar-refractivity contribution in [2.45, 2.75) is 75.9 Å². The summed E-state index contributed by atoms with van der Waals surface area (Å²) < 4.78 is 39.3. The lowest BCUT2D eigenvalue weighted by Crippen LogP contribution is -2.51. The molecule has 5 aliphatic rings. The molecule has 2 aliphatic heterocycles. The van der Waals surface area contributed by atoms with E-state index in [9.17, 15) is 13.8 Å². The van der Waals surface area contributed by atoms with Gasteiger partial charge in [0.15, 0.2) is 0 Å². The minimum Gasteiger partial charge on any atom is -0.490 e. The number of hydrogen-bond donors (Lipinski definition) is 2. The van der Waals surface area contributed by atoms with E-state index in [1.165, 1.54) is 11.1 Å². The average Bonchev–Trinajstić information content (AvgIpc) is 3.21. The molecular weight excluding hydrogens is 688 g/mol. The molecular formula is C39H51ClN4O6S. The molecule has 0 radical (unpaired) electrons. The first kappa shape index (κ1) is 36.2. The van der Waals surface area contributed by atoms with Gasteiger partial charge in [0, 0.05) is 56.0 Å². The molecule has 276 valence electrons. The molecule has 51 heavy (non-hydrogen) atoms. The van der Waals surface area contributed by atoms with E-state index in [1.54, 1.807) is 20.3 Å². The number of carbonyl (C=O) groups is 2. The van der Waals surface area contributed by atoms with E-state index >= 15 is 0 Å². The van der Waals surface area contributed by atoms with Crippen LogP contribution in [0.3, 0.4) is 0 Å². The molecule has 7 rings (SSSR count). The SMILES string of the molecule is COCC1CC(NC(=O)NS2(=O)=NC(=O)c3ccc4c(c3)N(C[C@@H]3CC[C@H]3[C@@H](OC)/C=C/C[C@H](C)C2)C[C@@]2(CCCc3cc(Cl)ccc32)CO4)C1. The standard InChI is InChI=1S/C39H51ClN4O6S/c1-25-6-4-8-35(49-3)32-12-9-29(32)20-44-23-39(15-5-7-27-18-30(40)11-13-33(27)39)24-50-36-14-10-28(19-34(36)44)37(45)42-51(47,22-25)43-38(46)41-31-16-26(17-31)21-48-2/h4,8,10-11,13-14,18-19,25-26,29,31-32,35H,5-7,9,12,15-17,20-24H2,1-3H3,(H2,41,42,43,45,46,47)/b8-4+/t25-,26?,29-,31?,32+,35-,39-,51?/m0/s1. The van der Waals surface area contributed by atoms with Crippen molar-refractivity contribution in [1.29, 1.82) is 0 Å². The molecule has 0 aromatic heterocycles. The van der Waals surface area contributed by atoms with Crippen molar-refractivity contribution in [3.05, 3.63) is 70.3 Å². The highest BCUT2D eigenvalue weighted by Crippen LogP contribution is 2.47. The van der Waals surface area contributed by atoms with Crippen LogP contribution in [0.1, 0.15) is 73.4 Å². The Hall–Kier alpha value is -3.12. The molecule has 6 atom stereocenters. The van der Waals surface area contributed by atoms with Crippen LogP contribution in [0.25, 0.3) is 0 Å². The lowest BCUT2D eigenvalue weighted by Gasteiger charge is -2.46. The van der Waals surface area contributed by atoms with E-state index in [0.29, 0.717) is 48.7 Å². The van der Waals surface area contributed by atoms with E-state index in [-0.39, 0.29) is 29.2 Å². The molecule has 3 amide bonds. The zero-order chi connectivity index (χ0) is 35.8. The average molecular weight is 739 g/mol. The highest BCUT2D eigenvalue weighted by atomic mass is 35.5. The van der Waals surface area contributed by atoms with Gasteiger partial charge in [0.25, 0.3) is 5.91 Å². The third kappa shape index (κ3) is 7.82. The molecule has 3 aliphatic carbocycles. The van der Waals surface area contributed by atoms with Crippen LogP contribution < -0.4 is 19.7 Å². The quantitative estimate of drug-likeness (QED) is 0.328. The first-order chi connectivity index (χ1) is 24.6. The molecule has 2 heterocycles. The highest BCUT2D eigenvalue weighted by Gasteiger charge is 2.44. The molecule has 0 saturated heterocycles. The number of benzene rings is 2. The first-order valence-corrected chi connectivity index (χ1v) is 20.5. The van der Waals surface area contributed by atoms with Crippen molar-refractivity contribution in [3.63, 3.8) is 0 Å². The number of nitrogens with one attached hydrogen (secondary N) is 2. The van der Waals surface area contributed by atoms with Gasteiger partial charge in [-0.3, -0.25) is 9.52 Å². The molecule has 1 spiro atoms. The van der Waals surface area contributed by atoms with E-state index in [1.807, 2.05) is 25.1 Å². The number of fused-ring (bicyclic) bond motifs is 4. The van der Waals surface area contributed by atoms with Gasteiger partial charge in [0.2, 0.25) is 0 Å². The number of halogens is 1. The number of carbonyl (C=O) groups excluding carboxylic acids is 2. The number of nitrogens with zero attached hydrogens (tertiary/aromatic N) is 2. The lowest BCUT2D eigenvalue weighted by molar-refractivity contribution is 0.0131. The smallest absolute Gasteiger partial charge is 0.327 e. The first-order valence-electron chi connectivity index (χ1n) is 18.4. The summed E-state index contributed by atoms with van der Waals surface area (Å²) in [5.41, 5.74) is 3.44. The Morgan fingerprint density at radius 2 is 2.02 bits per heavy atom. The van der Waals surface area contributed by atoms with E-state index in [4.69, 9.17) is 25.8 Å². The normalized spacial score (nSPS) is 34.0. The van der Waals surface area contributed by atoms with Gasteiger partial charge in [-0.25, -0.2) is 9.00 Å². The van der Waals surface area contributed by atoms with Crippen LogP contribution in [0.5, 0.6) is 5.75 Å². The maximum atomic E-state index is 14.4. The summed E-state index contributed by atoms with van der Waals surface area (Å²) in [6, 6.07) is 11.0. The Balaban J connectivity index is 1.24. The molecule has 2 aromatic rings. The second-order valence-corrected chi connectivity index (χ2v) is 18.0. The van der Waals surface area contributed by atoms with Gasteiger partial charge in [-0.15, -0.1) is 4.36 Å². The predicted molar refractivity (Wildman–Crippen MR) is 200 cm³/mol. The predicted octanol–water partition coefficient (Wildman–Crippen LogP) is 6.70. The van der Waals surface area contributed by atoms with E-state index in [2.05, 4.69) is 43.6 Å². The van der Waals surface area contributed by atoms with Gasteiger partial charge < -0.3 is 24.4 Å². The summed E-state index contributed by atoms with van der Waals surface area (Å²) in [7, 11) is -0.0407. The maximum Gasteiger partial charge on any atom is 0.327 e. The molecule has 2 aromatic carbocycles. The van der Waals surface area contributed by atoms with Gasteiger partial charge in [-0.2, -0.15) is 0 Å². The van der Waals surface area contributed by atoms with Crippen molar-refractivity contribution in [3.8, 4) is 5.75 Å². The maximum absolute atomic E-state index is 14.4. The summed E-state index contributed by atoms with van der Waals surface area (Å²) in [4.78, 5) is 29.5. The fourth-order valence-electron chi connectivity index (χ4n) is 8.95. The van der Waals surface area contributed by atoms with Crippen LogP contribution >= 0.6 is 11.6 Å². The molecule has 1 unspecified atom stereocenters. The Labute approximate surface area is 307 Å². The molecule has 2 saturated carbocycles. The third-order valence-electron chi connectivity index (χ3n) is 11.7. The zero-order valence-corrected chi connectivity index (χ0v) is 31.5. The topological polar surface area (TPSA) is 119 Å². The summed E-state index contributed by atoms with van der Waals surface area (Å²) in [6.07, 6.45) is 11.5. The second kappa shape index (κ2) is 15.1. The lowest BCUT2D eigenvalue weighted by atomic mass is 9.68. The van der Waals surface area contributed by atoms with E-state index < -0.39 is 21.9 Å². The second-order valence-electron chi connectivity index (χ2n) is 15.5. The molecule has 2 N–H and O–H groups in total. The van der Waals surface area contributed by atoms with Gasteiger partial charge >= 0.3 is 6.03 Å². The number of anilines is 1. The van der Waals surface area contributed by atoms with Crippen molar-refractivity contribution >= 4 is 39.1 Å². The van der Waals surface area contributed by atoms with Crippen LogP contribution in [0.2, 0.25) is 5.02 Å². The van der Waals surface area contributed by atoms with Gasteiger partial charge in [0.05, 0.1) is 24.2 Å². The number of hydrogen-bond acceptors (Lipinski definition) is 7. The number of urea groups is 1. The van der Waals surface area contributed by atoms with Crippen LogP contribution in [0.15, 0.2) is 52.9 Å².